The number of rotatable bonds is 9. The largest absolute Gasteiger partial charge is 0.464 e. The van der Waals surface area contributed by atoms with Crippen LogP contribution in [0.2, 0.25) is 0 Å². The molecular formula is C26H40FN3O3. The number of carbonyl (C=O) groups is 2. The smallest absolute Gasteiger partial charge is 0.314 e. The van der Waals surface area contributed by atoms with Crippen LogP contribution < -0.4 is 5.73 Å². The molecule has 3 rings (SSSR count). The molecule has 0 aliphatic carbocycles. The molecule has 2 N–H and O–H groups in total. The Morgan fingerprint density at radius 2 is 1.88 bits per heavy atom. The van der Waals surface area contributed by atoms with Crippen molar-refractivity contribution in [1.82, 2.24) is 9.80 Å². The lowest BCUT2D eigenvalue weighted by molar-refractivity contribution is -0.163. The Bertz CT molecular complexity index is 806. The van der Waals surface area contributed by atoms with Crippen molar-refractivity contribution in [2.45, 2.75) is 83.8 Å². The Hall–Kier alpha value is -1.99. The Morgan fingerprint density at radius 1 is 1.18 bits per heavy atom. The summed E-state index contributed by atoms with van der Waals surface area (Å²) in [5.74, 6) is -0.783. The predicted molar refractivity (Wildman–Crippen MR) is 127 cm³/mol. The minimum atomic E-state index is -0.811. The molecule has 1 aromatic carbocycles. The van der Waals surface area contributed by atoms with Gasteiger partial charge in [-0.25, -0.2) is 4.39 Å². The Kier molecular flexibility index (Phi) is 8.88. The number of hydrogen-bond donors (Lipinski definition) is 1. The van der Waals surface area contributed by atoms with Crippen molar-refractivity contribution in [1.29, 1.82) is 0 Å². The van der Waals surface area contributed by atoms with Gasteiger partial charge in [-0.1, -0.05) is 32.4 Å². The van der Waals surface area contributed by atoms with Gasteiger partial charge in [-0.3, -0.25) is 14.5 Å². The van der Waals surface area contributed by atoms with Crippen molar-refractivity contribution in [2.24, 2.45) is 11.1 Å². The summed E-state index contributed by atoms with van der Waals surface area (Å²) in [5.41, 5.74) is 5.96. The lowest BCUT2D eigenvalue weighted by Crippen LogP contribution is -2.55. The lowest BCUT2D eigenvalue weighted by Gasteiger charge is -2.42. The van der Waals surface area contributed by atoms with Crippen molar-refractivity contribution < 1.29 is 18.7 Å². The molecular weight excluding hydrogens is 421 g/mol. The summed E-state index contributed by atoms with van der Waals surface area (Å²) in [6, 6.07) is 5.04. The fraction of sp³-hybridized carbons (Fsp3) is 0.692. The number of carbonyl (C=O) groups excluding carboxylic acids is 2. The van der Waals surface area contributed by atoms with Crippen LogP contribution in [-0.4, -0.2) is 60.0 Å². The number of nitrogens with zero attached hydrogens (tertiary/aromatic N) is 2. The van der Waals surface area contributed by atoms with Gasteiger partial charge >= 0.3 is 5.97 Å². The van der Waals surface area contributed by atoms with E-state index in [2.05, 4.69) is 4.90 Å². The number of likely N-dealkylation sites (tertiary alicyclic amines) is 2. The van der Waals surface area contributed by atoms with Crippen LogP contribution in [0, 0.1) is 11.2 Å². The maximum atomic E-state index is 14.0. The van der Waals surface area contributed by atoms with Crippen LogP contribution >= 0.6 is 0 Å². The summed E-state index contributed by atoms with van der Waals surface area (Å²) >= 11 is 0. The fourth-order valence-electron chi connectivity index (χ4n) is 5.68. The first-order valence-corrected chi connectivity index (χ1v) is 12.6. The van der Waals surface area contributed by atoms with E-state index in [4.69, 9.17) is 10.5 Å². The molecule has 33 heavy (non-hydrogen) atoms. The van der Waals surface area contributed by atoms with Gasteiger partial charge in [-0.05, 0) is 76.2 Å². The Morgan fingerprint density at radius 3 is 2.48 bits per heavy atom. The molecule has 0 saturated carbocycles. The van der Waals surface area contributed by atoms with Crippen molar-refractivity contribution in [3.63, 3.8) is 0 Å². The zero-order valence-corrected chi connectivity index (χ0v) is 20.4. The van der Waals surface area contributed by atoms with E-state index >= 15 is 0 Å². The van der Waals surface area contributed by atoms with Gasteiger partial charge < -0.3 is 15.4 Å². The van der Waals surface area contributed by atoms with Gasteiger partial charge in [0.15, 0.2) is 0 Å². The van der Waals surface area contributed by atoms with Crippen LogP contribution in [0.3, 0.4) is 0 Å². The summed E-state index contributed by atoms with van der Waals surface area (Å²) in [6.45, 7) is 8.85. The molecule has 1 aromatic rings. The first-order chi connectivity index (χ1) is 15.8. The van der Waals surface area contributed by atoms with E-state index in [1.807, 2.05) is 19.9 Å². The summed E-state index contributed by atoms with van der Waals surface area (Å²) in [5, 5.41) is 0. The van der Waals surface area contributed by atoms with E-state index in [9.17, 15) is 14.0 Å². The topological polar surface area (TPSA) is 75.9 Å². The monoisotopic (exact) mass is 461 g/mol. The molecule has 1 amide bonds. The van der Waals surface area contributed by atoms with Crippen LogP contribution in [-0.2, 0) is 14.3 Å². The van der Waals surface area contributed by atoms with Crippen LogP contribution in [0.15, 0.2) is 24.3 Å². The molecule has 0 bridgehead atoms. The van der Waals surface area contributed by atoms with Gasteiger partial charge in [0.05, 0.1) is 17.5 Å². The summed E-state index contributed by atoms with van der Waals surface area (Å²) in [4.78, 5) is 30.9. The van der Waals surface area contributed by atoms with Crippen molar-refractivity contribution in [2.75, 3.05) is 26.2 Å². The number of amides is 1. The quantitative estimate of drug-likeness (QED) is 0.562. The molecule has 7 heteroatoms. The first kappa shape index (κ1) is 25.6. The highest BCUT2D eigenvalue weighted by Crippen LogP contribution is 2.47. The van der Waals surface area contributed by atoms with Crippen LogP contribution in [0.4, 0.5) is 4.39 Å². The molecule has 184 valence electrons. The maximum Gasteiger partial charge on any atom is 0.314 e. The number of halogens is 1. The van der Waals surface area contributed by atoms with E-state index in [0.29, 0.717) is 32.3 Å². The fourth-order valence-corrected chi connectivity index (χ4v) is 5.68. The molecule has 2 aliphatic rings. The third-order valence-corrected chi connectivity index (χ3v) is 7.66. The molecule has 0 radical (unpaired) electrons. The van der Waals surface area contributed by atoms with Crippen LogP contribution in [0.1, 0.15) is 77.3 Å². The van der Waals surface area contributed by atoms with Crippen LogP contribution in [0.5, 0.6) is 0 Å². The molecule has 2 saturated heterocycles. The van der Waals surface area contributed by atoms with Gasteiger partial charge in [0.1, 0.15) is 12.4 Å². The zero-order chi connectivity index (χ0) is 24.0. The number of piperidine rings is 1. The maximum absolute atomic E-state index is 14.0. The SMILES string of the molecule is CCC(CC)(C(=O)OCCN1CCCCC1)[C@H]1CC[C@@H](c2cccc(F)c2)N1C(=O)[C@@H](C)N. The second kappa shape index (κ2) is 11.4. The highest BCUT2D eigenvalue weighted by molar-refractivity contribution is 5.84. The molecule has 6 nitrogen and oxygen atoms in total. The highest BCUT2D eigenvalue weighted by atomic mass is 19.1. The second-order valence-electron chi connectivity index (χ2n) is 9.60. The molecule has 0 spiro atoms. The highest BCUT2D eigenvalue weighted by Gasteiger charge is 2.53. The third-order valence-electron chi connectivity index (χ3n) is 7.66. The summed E-state index contributed by atoms with van der Waals surface area (Å²) < 4.78 is 19.8. The number of esters is 1. The van der Waals surface area contributed by atoms with Gasteiger partial charge in [-0.15, -0.1) is 0 Å². The molecule has 3 atom stereocenters. The zero-order valence-electron chi connectivity index (χ0n) is 20.4. The Balaban J connectivity index is 1.82. The molecule has 0 unspecified atom stereocenters. The summed E-state index contributed by atoms with van der Waals surface area (Å²) in [7, 11) is 0. The molecule has 2 aliphatic heterocycles. The van der Waals surface area contributed by atoms with Crippen molar-refractivity contribution in [3.05, 3.63) is 35.6 Å². The number of benzene rings is 1. The summed E-state index contributed by atoms with van der Waals surface area (Å²) in [6.07, 6.45) is 6.10. The lowest BCUT2D eigenvalue weighted by atomic mass is 9.74. The standard InChI is InChI=1S/C26H40FN3O3/c1-4-26(5-2,25(32)33-17-16-29-14-7-6-8-15-29)23-13-12-22(30(23)24(31)19(3)28)20-10-9-11-21(27)18-20/h9-11,18-19,22-23H,4-8,12-17,28H2,1-3H3/t19-,22+,23-/m1/s1. The number of hydrogen-bond acceptors (Lipinski definition) is 5. The first-order valence-electron chi connectivity index (χ1n) is 12.6. The van der Waals surface area contributed by atoms with E-state index in [0.717, 1.165) is 25.2 Å². The van der Waals surface area contributed by atoms with E-state index < -0.39 is 11.5 Å². The van der Waals surface area contributed by atoms with Gasteiger partial charge in [0.2, 0.25) is 5.91 Å². The number of ether oxygens (including phenoxy) is 1. The van der Waals surface area contributed by atoms with Crippen molar-refractivity contribution in [3.8, 4) is 0 Å². The van der Waals surface area contributed by atoms with Crippen molar-refractivity contribution >= 4 is 11.9 Å². The Labute approximate surface area is 197 Å². The number of nitrogens with two attached hydrogens (primary N) is 1. The third kappa shape index (κ3) is 5.57. The van der Waals surface area contributed by atoms with Crippen LogP contribution in [0.25, 0.3) is 0 Å². The van der Waals surface area contributed by atoms with Gasteiger partial charge in [-0.2, -0.15) is 0 Å². The van der Waals surface area contributed by atoms with Gasteiger partial charge in [0, 0.05) is 12.6 Å². The average Bonchev–Trinajstić information content (AvgIpc) is 3.26. The van der Waals surface area contributed by atoms with E-state index in [1.54, 1.807) is 17.9 Å². The van der Waals surface area contributed by atoms with E-state index in [-0.39, 0.29) is 29.8 Å². The molecule has 2 fully saturated rings. The second-order valence-corrected chi connectivity index (χ2v) is 9.60. The minimum absolute atomic E-state index is 0.209. The molecule has 0 aromatic heterocycles. The predicted octanol–water partition coefficient (Wildman–Crippen LogP) is 4.04. The average molecular weight is 462 g/mol. The van der Waals surface area contributed by atoms with Gasteiger partial charge in [0.25, 0.3) is 0 Å². The normalized spacial score (nSPS) is 22.9. The van der Waals surface area contributed by atoms with E-state index in [1.165, 1.54) is 31.4 Å². The minimum Gasteiger partial charge on any atom is -0.464 e. The molecule has 2 heterocycles.